The van der Waals surface area contributed by atoms with Crippen LogP contribution in [0.25, 0.3) is 0 Å². The first-order valence-corrected chi connectivity index (χ1v) is 8.59. The Morgan fingerprint density at radius 1 is 1.16 bits per heavy atom. The van der Waals surface area contributed by atoms with Gasteiger partial charge >= 0.3 is 12.1 Å². The molecule has 25 heavy (non-hydrogen) atoms. The van der Waals surface area contributed by atoms with Crippen LogP contribution in [0, 0.1) is 0 Å². The highest BCUT2D eigenvalue weighted by molar-refractivity contribution is 5.75. The summed E-state index contributed by atoms with van der Waals surface area (Å²) in [5, 5.41) is 6.05. The quantitative estimate of drug-likeness (QED) is 0.705. The summed E-state index contributed by atoms with van der Waals surface area (Å²) in [5.41, 5.74) is 0.531. The summed E-state index contributed by atoms with van der Waals surface area (Å²) in [6.07, 6.45) is 0.767. The maximum atomic E-state index is 12.1. The van der Waals surface area contributed by atoms with E-state index in [1.165, 1.54) is 7.11 Å². The molecular formula is C19H30N2O4. The van der Waals surface area contributed by atoms with Crippen molar-refractivity contribution in [1.29, 1.82) is 0 Å². The van der Waals surface area contributed by atoms with Crippen molar-refractivity contribution in [3.05, 3.63) is 35.9 Å². The van der Waals surface area contributed by atoms with Crippen LogP contribution in [0.1, 0.15) is 39.7 Å². The van der Waals surface area contributed by atoms with E-state index < -0.39 is 17.7 Å². The topological polar surface area (TPSA) is 76.7 Å². The van der Waals surface area contributed by atoms with Gasteiger partial charge in [-0.1, -0.05) is 37.3 Å². The van der Waals surface area contributed by atoms with Crippen LogP contribution in [-0.4, -0.2) is 43.4 Å². The minimum Gasteiger partial charge on any atom is -0.468 e. The summed E-state index contributed by atoms with van der Waals surface area (Å²) < 4.78 is 10.1. The molecule has 1 rings (SSSR count). The predicted octanol–water partition coefficient (Wildman–Crippen LogP) is 2.66. The van der Waals surface area contributed by atoms with E-state index in [4.69, 9.17) is 9.47 Å². The summed E-state index contributed by atoms with van der Waals surface area (Å²) in [6.45, 7) is 7.80. The van der Waals surface area contributed by atoms with Crippen molar-refractivity contribution in [3.63, 3.8) is 0 Å². The van der Waals surface area contributed by atoms with Crippen LogP contribution in [0.4, 0.5) is 4.79 Å². The van der Waals surface area contributed by atoms with Gasteiger partial charge in [0.15, 0.2) is 0 Å². The number of hydrogen-bond donors (Lipinski definition) is 2. The van der Waals surface area contributed by atoms with Gasteiger partial charge in [-0.05, 0) is 39.2 Å². The highest BCUT2D eigenvalue weighted by atomic mass is 16.6. The third kappa shape index (κ3) is 8.54. The SMILES string of the molecule is CC[C@H](NC[C@H](Cc1ccccc1)NC(=O)OC(C)(C)C)C(=O)OC. The molecule has 0 radical (unpaired) electrons. The predicted molar refractivity (Wildman–Crippen MR) is 97.4 cm³/mol. The first kappa shape index (κ1) is 21.0. The van der Waals surface area contributed by atoms with Crippen LogP contribution in [0.2, 0.25) is 0 Å². The molecule has 1 amide bonds. The smallest absolute Gasteiger partial charge is 0.407 e. The van der Waals surface area contributed by atoms with Crippen molar-refractivity contribution < 1.29 is 19.1 Å². The molecule has 0 unspecified atom stereocenters. The second kappa shape index (κ2) is 10.0. The maximum absolute atomic E-state index is 12.1. The average molecular weight is 350 g/mol. The van der Waals surface area contributed by atoms with E-state index in [1.807, 2.05) is 58.0 Å². The molecule has 0 spiro atoms. The zero-order valence-electron chi connectivity index (χ0n) is 15.8. The zero-order chi connectivity index (χ0) is 18.9. The van der Waals surface area contributed by atoms with Crippen LogP contribution in [0.3, 0.4) is 0 Å². The van der Waals surface area contributed by atoms with E-state index in [-0.39, 0.29) is 12.0 Å². The van der Waals surface area contributed by atoms with Crippen LogP contribution in [0.15, 0.2) is 30.3 Å². The van der Waals surface area contributed by atoms with Crippen molar-refractivity contribution in [2.24, 2.45) is 0 Å². The molecule has 0 aliphatic heterocycles. The monoisotopic (exact) mass is 350 g/mol. The van der Waals surface area contributed by atoms with Crippen molar-refractivity contribution in [2.75, 3.05) is 13.7 Å². The Morgan fingerprint density at radius 3 is 2.32 bits per heavy atom. The fourth-order valence-corrected chi connectivity index (χ4v) is 2.37. The number of alkyl carbamates (subject to hydrolysis) is 1. The lowest BCUT2D eigenvalue weighted by atomic mass is 10.1. The fraction of sp³-hybridized carbons (Fsp3) is 0.579. The molecule has 0 saturated carbocycles. The molecule has 2 atom stereocenters. The summed E-state index contributed by atoms with van der Waals surface area (Å²) in [6, 6.07) is 9.25. The molecule has 0 fully saturated rings. The van der Waals surface area contributed by atoms with Crippen molar-refractivity contribution in [2.45, 2.75) is 58.2 Å². The summed E-state index contributed by atoms with van der Waals surface area (Å²) in [4.78, 5) is 23.8. The van der Waals surface area contributed by atoms with E-state index in [2.05, 4.69) is 10.6 Å². The Balaban J connectivity index is 2.73. The lowest BCUT2D eigenvalue weighted by Gasteiger charge is -2.25. The van der Waals surface area contributed by atoms with Crippen molar-refractivity contribution >= 4 is 12.1 Å². The number of carbonyl (C=O) groups is 2. The van der Waals surface area contributed by atoms with Crippen LogP contribution in [-0.2, 0) is 20.7 Å². The van der Waals surface area contributed by atoms with Gasteiger partial charge in [0.25, 0.3) is 0 Å². The molecule has 2 N–H and O–H groups in total. The molecule has 1 aromatic carbocycles. The van der Waals surface area contributed by atoms with Crippen LogP contribution >= 0.6 is 0 Å². The Bertz CT molecular complexity index is 540. The van der Waals surface area contributed by atoms with E-state index in [9.17, 15) is 9.59 Å². The number of hydrogen-bond acceptors (Lipinski definition) is 5. The van der Waals surface area contributed by atoms with Gasteiger partial charge in [0.2, 0.25) is 0 Å². The molecule has 1 aromatic rings. The normalized spacial score (nSPS) is 13.6. The Hall–Kier alpha value is -2.08. The molecule has 0 aliphatic rings. The highest BCUT2D eigenvalue weighted by Crippen LogP contribution is 2.08. The number of benzene rings is 1. The third-order valence-electron chi connectivity index (χ3n) is 3.55. The minimum atomic E-state index is -0.563. The molecule has 0 bridgehead atoms. The van der Waals surface area contributed by atoms with Gasteiger partial charge in [0.1, 0.15) is 11.6 Å². The van der Waals surface area contributed by atoms with E-state index in [0.717, 1.165) is 5.56 Å². The molecule has 0 aliphatic carbocycles. The maximum Gasteiger partial charge on any atom is 0.407 e. The molecule has 140 valence electrons. The number of nitrogens with one attached hydrogen (secondary N) is 2. The fourth-order valence-electron chi connectivity index (χ4n) is 2.37. The second-order valence-electron chi connectivity index (χ2n) is 6.93. The zero-order valence-corrected chi connectivity index (χ0v) is 15.8. The molecule has 0 saturated heterocycles. The average Bonchev–Trinajstić information content (AvgIpc) is 2.54. The number of methoxy groups -OCH3 is 1. The van der Waals surface area contributed by atoms with Gasteiger partial charge in [-0.2, -0.15) is 0 Å². The van der Waals surface area contributed by atoms with Gasteiger partial charge in [0, 0.05) is 12.6 Å². The van der Waals surface area contributed by atoms with Crippen LogP contribution in [0.5, 0.6) is 0 Å². The van der Waals surface area contributed by atoms with Gasteiger partial charge in [-0.15, -0.1) is 0 Å². The van der Waals surface area contributed by atoms with E-state index >= 15 is 0 Å². The molecule has 0 aromatic heterocycles. The van der Waals surface area contributed by atoms with Gasteiger partial charge in [0.05, 0.1) is 7.11 Å². The molecule has 0 heterocycles. The number of rotatable bonds is 8. The molecular weight excluding hydrogens is 320 g/mol. The first-order valence-electron chi connectivity index (χ1n) is 8.59. The molecule has 6 nitrogen and oxygen atoms in total. The van der Waals surface area contributed by atoms with Gasteiger partial charge < -0.3 is 20.1 Å². The van der Waals surface area contributed by atoms with Crippen LogP contribution < -0.4 is 10.6 Å². The van der Waals surface area contributed by atoms with E-state index in [1.54, 1.807) is 0 Å². The largest absolute Gasteiger partial charge is 0.468 e. The number of carbonyl (C=O) groups excluding carboxylic acids is 2. The Labute approximate surface area is 150 Å². The van der Waals surface area contributed by atoms with E-state index in [0.29, 0.717) is 19.4 Å². The lowest BCUT2D eigenvalue weighted by Crippen LogP contribution is -2.49. The summed E-state index contributed by atoms with van der Waals surface area (Å²) in [7, 11) is 1.37. The Kier molecular flexibility index (Phi) is 8.41. The first-order chi connectivity index (χ1) is 11.7. The second-order valence-corrected chi connectivity index (χ2v) is 6.93. The van der Waals surface area contributed by atoms with Gasteiger partial charge in [-0.3, -0.25) is 4.79 Å². The highest BCUT2D eigenvalue weighted by Gasteiger charge is 2.22. The minimum absolute atomic E-state index is 0.212. The number of ether oxygens (including phenoxy) is 2. The summed E-state index contributed by atoms with van der Waals surface area (Å²) in [5.74, 6) is -0.307. The third-order valence-corrected chi connectivity index (χ3v) is 3.55. The number of esters is 1. The lowest BCUT2D eigenvalue weighted by molar-refractivity contribution is -0.143. The standard InChI is InChI=1S/C19H30N2O4/c1-6-16(17(22)24-5)20-13-15(12-14-10-8-7-9-11-14)21-18(23)25-19(2,3)4/h7-11,15-16,20H,6,12-13H2,1-5H3,(H,21,23)/t15-,16-/m0/s1. The summed E-state index contributed by atoms with van der Waals surface area (Å²) >= 11 is 0. The Morgan fingerprint density at radius 2 is 1.80 bits per heavy atom. The van der Waals surface area contributed by atoms with Crippen molar-refractivity contribution in [1.82, 2.24) is 10.6 Å². The molecule has 6 heteroatoms. The van der Waals surface area contributed by atoms with Crippen molar-refractivity contribution in [3.8, 4) is 0 Å². The van der Waals surface area contributed by atoms with Gasteiger partial charge in [-0.25, -0.2) is 4.79 Å². The number of amides is 1.